The molecule has 0 amide bonds. The number of carboxylic acid groups (broad SMARTS) is 1. The molecule has 0 bridgehead atoms. The molecule has 82 valence electrons. The molecule has 3 nitrogen and oxygen atoms in total. The molecule has 1 unspecified atom stereocenters. The van der Waals surface area contributed by atoms with E-state index in [-0.39, 0.29) is 6.42 Å². The van der Waals surface area contributed by atoms with Crippen LogP contribution < -0.4 is 0 Å². The Labute approximate surface area is 92.4 Å². The fourth-order valence-electron chi connectivity index (χ4n) is 2.13. The van der Waals surface area contributed by atoms with E-state index in [4.69, 9.17) is 5.11 Å². The Hall–Kier alpha value is -0.870. The van der Waals surface area contributed by atoms with Crippen molar-refractivity contribution >= 4 is 17.3 Å². The van der Waals surface area contributed by atoms with Crippen molar-refractivity contribution in [3.05, 3.63) is 21.4 Å². The smallest absolute Gasteiger partial charge is 0.306 e. The number of aliphatic carboxylic acids is 1. The highest BCUT2D eigenvalue weighted by Gasteiger charge is 2.40. The number of rotatable bonds is 3. The molecule has 0 radical (unpaired) electrons. The molecule has 1 aliphatic rings. The molecule has 1 aliphatic carbocycles. The minimum atomic E-state index is -1.12. The van der Waals surface area contributed by atoms with Crippen LogP contribution in [0.25, 0.3) is 0 Å². The zero-order chi connectivity index (χ0) is 11.1. The lowest BCUT2D eigenvalue weighted by Gasteiger charge is -2.20. The minimum Gasteiger partial charge on any atom is -0.481 e. The van der Waals surface area contributed by atoms with Gasteiger partial charge in [0.15, 0.2) is 0 Å². The maximum absolute atomic E-state index is 10.7. The average molecular weight is 226 g/mol. The molecule has 1 aromatic rings. The third-order valence-electron chi connectivity index (χ3n) is 2.92. The van der Waals surface area contributed by atoms with Crippen molar-refractivity contribution in [3.63, 3.8) is 0 Å². The zero-order valence-corrected chi connectivity index (χ0v) is 9.43. The van der Waals surface area contributed by atoms with Crippen LogP contribution in [0, 0.1) is 0 Å². The first kappa shape index (κ1) is 10.6. The second-order valence-corrected chi connectivity index (χ2v) is 5.23. The second kappa shape index (κ2) is 3.61. The molecule has 0 saturated heterocycles. The van der Waals surface area contributed by atoms with Gasteiger partial charge in [0.05, 0.1) is 6.42 Å². The number of carbonyl (C=O) groups is 1. The molecule has 1 aromatic heterocycles. The van der Waals surface area contributed by atoms with Gasteiger partial charge < -0.3 is 10.2 Å². The van der Waals surface area contributed by atoms with Gasteiger partial charge in [-0.15, -0.1) is 11.3 Å². The summed E-state index contributed by atoms with van der Waals surface area (Å²) >= 11 is 1.70. The lowest BCUT2D eigenvalue weighted by Crippen LogP contribution is -2.25. The minimum absolute atomic E-state index is 0.181. The van der Waals surface area contributed by atoms with Gasteiger partial charge in [0, 0.05) is 9.75 Å². The van der Waals surface area contributed by atoms with Gasteiger partial charge in [0.2, 0.25) is 0 Å². The molecule has 0 spiro atoms. The average Bonchev–Trinajstić information content (AvgIpc) is 2.67. The number of fused-ring (bicyclic) bond motifs is 1. The van der Waals surface area contributed by atoms with Crippen LogP contribution in [-0.2, 0) is 23.2 Å². The quantitative estimate of drug-likeness (QED) is 0.827. The monoisotopic (exact) mass is 226 g/mol. The van der Waals surface area contributed by atoms with Crippen LogP contribution >= 0.6 is 11.3 Å². The van der Waals surface area contributed by atoms with Crippen molar-refractivity contribution in [3.8, 4) is 0 Å². The van der Waals surface area contributed by atoms with Gasteiger partial charge in [-0.1, -0.05) is 6.92 Å². The summed E-state index contributed by atoms with van der Waals surface area (Å²) in [4.78, 5) is 13.1. The number of aryl methyl sites for hydroxylation is 2. The van der Waals surface area contributed by atoms with Crippen LogP contribution in [0.15, 0.2) is 6.07 Å². The number of aliphatic hydroxyl groups is 1. The number of hydrogen-bond donors (Lipinski definition) is 2. The first-order valence-corrected chi connectivity index (χ1v) is 5.93. The molecule has 0 aromatic carbocycles. The van der Waals surface area contributed by atoms with Crippen LogP contribution in [0.2, 0.25) is 0 Å². The van der Waals surface area contributed by atoms with Gasteiger partial charge in [0.25, 0.3) is 0 Å². The highest BCUT2D eigenvalue weighted by molar-refractivity contribution is 7.12. The van der Waals surface area contributed by atoms with Gasteiger partial charge >= 0.3 is 5.97 Å². The topological polar surface area (TPSA) is 57.5 Å². The SMILES string of the molecule is CCc1cc2c(s1)CCC2(O)CC(=O)O. The van der Waals surface area contributed by atoms with Crippen LogP contribution in [0.5, 0.6) is 0 Å². The van der Waals surface area contributed by atoms with E-state index in [1.165, 1.54) is 4.88 Å². The van der Waals surface area contributed by atoms with Gasteiger partial charge in [-0.05, 0) is 30.9 Å². The third-order valence-corrected chi connectivity index (χ3v) is 4.26. The van der Waals surface area contributed by atoms with E-state index in [0.717, 1.165) is 23.3 Å². The Morgan fingerprint density at radius 2 is 2.40 bits per heavy atom. The molecular weight excluding hydrogens is 212 g/mol. The van der Waals surface area contributed by atoms with Crippen molar-refractivity contribution in [1.29, 1.82) is 0 Å². The van der Waals surface area contributed by atoms with E-state index in [2.05, 4.69) is 6.92 Å². The molecule has 2 N–H and O–H groups in total. The highest BCUT2D eigenvalue weighted by atomic mass is 32.1. The van der Waals surface area contributed by atoms with E-state index in [9.17, 15) is 9.90 Å². The van der Waals surface area contributed by atoms with Crippen molar-refractivity contribution in [1.82, 2.24) is 0 Å². The third kappa shape index (κ3) is 1.79. The van der Waals surface area contributed by atoms with Gasteiger partial charge in [-0.25, -0.2) is 0 Å². The van der Waals surface area contributed by atoms with E-state index < -0.39 is 11.6 Å². The molecule has 0 fully saturated rings. The highest BCUT2D eigenvalue weighted by Crippen LogP contribution is 2.43. The summed E-state index contributed by atoms with van der Waals surface area (Å²) in [5, 5.41) is 19.0. The lowest BCUT2D eigenvalue weighted by atomic mass is 9.93. The Kier molecular flexibility index (Phi) is 2.56. The van der Waals surface area contributed by atoms with Crippen molar-refractivity contribution in [2.45, 2.75) is 38.2 Å². The van der Waals surface area contributed by atoms with Gasteiger partial charge in [-0.3, -0.25) is 4.79 Å². The Morgan fingerprint density at radius 3 is 3.00 bits per heavy atom. The van der Waals surface area contributed by atoms with E-state index in [1.807, 2.05) is 6.07 Å². The first-order chi connectivity index (χ1) is 7.05. The largest absolute Gasteiger partial charge is 0.481 e. The summed E-state index contributed by atoms with van der Waals surface area (Å²) in [5.41, 5.74) is -0.266. The summed E-state index contributed by atoms with van der Waals surface area (Å²) in [6.45, 7) is 2.07. The van der Waals surface area contributed by atoms with Crippen LogP contribution in [-0.4, -0.2) is 16.2 Å². The van der Waals surface area contributed by atoms with E-state index in [1.54, 1.807) is 11.3 Å². The summed E-state index contributed by atoms with van der Waals surface area (Å²) in [5.74, 6) is -0.936. The molecule has 4 heteroatoms. The molecule has 2 rings (SSSR count). The lowest BCUT2D eigenvalue weighted by molar-refractivity contribution is -0.142. The maximum atomic E-state index is 10.7. The fraction of sp³-hybridized carbons (Fsp3) is 0.545. The standard InChI is InChI=1S/C11H14O3S/c1-2-7-5-8-9(15-7)3-4-11(8,14)6-10(12)13/h5,14H,2-4,6H2,1H3,(H,12,13). The fourth-order valence-corrected chi connectivity index (χ4v) is 3.33. The Balaban J connectivity index is 2.33. The predicted molar refractivity (Wildman–Crippen MR) is 58.2 cm³/mol. The van der Waals surface area contributed by atoms with Crippen LogP contribution in [0.4, 0.5) is 0 Å². The predicted octanol–water partition coefficient (Wildman–Crippen LogP) is 1.92. The normalized spacial score (nSPS) is 24.1. The summed E-state index contributed by atoms with van der Waals surface area (Å²) in [7, 11) is 0. The molecule has 0 saturated carbocycles. The molecule has 1 atom stereocenters. The van der Waals surface area contributed by atoms with Crippen molar-refractivity contribution in [2.75, 3.05) is 0 Å². The van der Waals surface area contributed by atoms with Crippen LogP contribution in [0.3, 0.4) is 0 Å². The molecule has 15 heavy (non-hydrogen) atoms. The molecule has 0 aliphatic heterocycles. The zero-order valence-electron chi connectivity index (χ0n) is 8.62. The van der Waals surface area contributed by atoms with E-state index >= 15 is 0 Å². The molecular formula is C11H14O3S. The Morgan fingerprint density at radius 1 is 1.67 bits per heavy atom. The second-order valence-electron chi connectivity index (χ2n) is 4.01. The first-order valence-electron chi connectivity index (χ1n) is 5.11. The maximum Gasteiger partial charge on any atom is 0.306 e. The number of carboxylic acids is 1. The molecule has 1 heterocycles. The summed E-state index contributed by atoms with van der Waals surface area (Å²) < 4.78 is 0. The van der Waals surface area contributed by atoms with Crippen molar-refractivity contribution in [2.24, 2.45) is 0 Å². The summed E-state index contributed by atoms with van der Waals surface area (Å²) in [6, 6.07) is 1.97. The van der Waals surface area contributed by atoms with Crippen LogP contribution in [0.1, 0.15) is 35.1 Å². The van der Waals surface area contributed by atoms with E-state index in [0.29, 0.717) is 6.42 Å². The van der Waals surface area contributed by atoms with Gasteiger partial charge in [0.1, 0.15) is 5.60 Å². The number of hydrogen-bond acceptors (Lipinski definition) is 3. The van der Waals surface area contributed by atoms with Crippen molar-refractivity contribution < 1.29 is 15.0 Å². The Bertz CT molecular complexity index is 397. The summed E-state index contributed by atoms with van der Waals surface area (Å²) in [6.07, 6.45) is 2.12. The van der Waals surface area contributed by atoms with Gasteiger partial charge in [-0.2, -0.15) is 0 Å². The number of thiophene rings is 1.